The number of halogens is 2. The Hall–Kier alpha value is -2.83. The summed E-state index contributed by atoms with van der Waals surface area (Å²) in [5.41, 5.74) is 1.31. The maximum absolute atomic E-state index is 12.4. The van der Waals surface area contributed by atoms with Crippen LogP contribution >= 0.6 is 0 Å². The van der Waals surface area contributed by atoms with Gasteiger partial charge in [-0.3, -0.25) is 0 Å². The molecule has 0 radical (unpaired) electrons. The van der Waals surface area contributed by atoms with E-state index in [-0.39, 0.29) is 18.1 Å². The molecular formula is C16H15F2NO4. The zero-order valence-electron chi connectivity index (χ0n) is 12.3. The van der Waals surface area contributed by atoms with Gasteiger partial charge in [0, 0.05) is 5.56 Å². The van der Waals surface area contributed by atoms with Crippen molar-refractivity contribution in [2.75, 3.05) is 7.11 Å². The van der Waals surface area contributed by atoms with E-state index < -0.39 is 6.61 Å². The molecule has 0 saturated heterocycles. The lowest BCUT2D eigenvalue weighted by Gasteiger charge is -2.13. The number of methoxy groups -OCH3 is 1. The number of hydrogen-bond acceptors (Lipinski definition) is 5. The van der Waals surface area contributed by atoms with Crippen LogP contribution in [-0.4, -0.2) is 25.1 Å². The Morgan fingerprint density at radius 2 is 1.87 bits per heavy atom. The van der Waals surface area contributed by atoms with E-state index in [0.29, 0.717) is 11.3 Å². The summed E-state index contributed by atoms with van der Waals surface area (Å²) in [6.45, 7) is -2.81. The third-order valence-electron chi connectivity index (χ3n) is 2.94. The van der Waals surface area contributed by atoms with Crippen LogP contribution in [0.5, 0.6) is 17.2 Å². The lowest BCUT2D eigenvalue weighted by molar-refractivity contribution is -0.0515. The van der Waals surface area contributed by atoms with Crippen LogP contribution in [0.3, 0.4) is 0 Å². The van der Waals surface area contributed by atoms with Crippen molar-refractivity contribution in [2.24, 2.45) is 5.16 Å². The van der Waals surface area contributed by atoms with Gasteiger partial charge in [-0.2, -0.15) is 8.78 Å². The van der Waals surface area contributed by atoms with Gasteiger partial charge in [0.15, 0.2) is 11.5 Å². The number of alkyl halides is 2. The minimum atomic E-state index is -2.96. The van der Waals surface area contributed by atoms with Crippen LogP contribution in [0.4, 0.5) is 8.78 Å². The van der Waals surface area contributed by atoms with Gasteiger partial charge in [-0.1, -0.05) is 17.3 Å². The van der Waals surface area contributed by atoms with E-state index in [4.69, 9.17) is 14.7 Å². The van der Waals surface area contributed by atoms with Crippen molar-refractivity contribution >= 4 is 6.21 Å². The topological polar surface area (TPSA) is 60.3 Å². The molecule has 23 heavy (non-hydrogen) atoms. The highest BCUT2D eigenvalue weighted by atomic mass is 19.3. The van der Waals surface area contributed by atoms with E-state index in [1.165, 1.54) is 18.2 Å². The number of rotatable bonds is 7. The minimum absolute atomic E-state index is 0.0939. The summed E-state index contributed by atoms with van der Waals surface area (Å²) >= 11 is 0. The van der Waals surface area contributed by atoms with Gasteiger partial charge in [0.25, 0.3) is 0 Å². The molecule has 0 heterocycles. The lowest BCUT2D eigenvalue weighted by atomic mass is 10.2. The molecule has 0 fully saturated rings. The van der Waals surface area contributed by atoms with Gasteiger partial charge in [0.2, 0.25) is 0 Å². The quantitative estimate of drug-likeness (QED) is 0.480. The lowest BCUT2D eigenvalue weighted by Crippen LogP contribution is -2.05. The van der Waals surface area contributed by atoms with Crippen LogP contribution in [0.1, 0.15) is 11.1 Å². The molecule has 7 heteroatoms. The second-order valence-electron chi connectivity index (χ2n) is 4.47. The third-order valence-corrected chi connectivity index (χ3v) is 2.94. The number of ether oxygens (including phenoxy) is 3. The third kappa shape index (κ3) is 4.84. The smallest absolute Gasteiger partial charge is 0.387 e. The van der Waals surface area contributed by atoms with Crippen molar-refractivity contribution in [1.29, 1.82) is 0 Å². The predicted octanol–water partition coefficient (Wildman–Crippen LogP) is 3.68. The van der Waals surface area contributed by atoms with Crippen molar-refractivity contribution in [3.05, 3.63) is 53.6 Å². The van der Waals surface area contributed by atoms with E-state index in [0.717, 1.165) is 11.8 Å². The van der Waals surface area contributed by atoms with E-state index in [1.807, 2.05) is 0 Å². The SMILES string of the molecule is COc1ccc(COc2cc(C=NO)ccc2OC(F)F)cc1. The molecular weight excluding hydrogens is 308 g/mol. The van der Waals surface area contributed by atoms with Crippen LogP contribution < -0.4 is 14.2 Å². The monoisotopic (exact) mass is 323 g/mol. The molecule has 0 amide bonds. The van der Waals surface area contributed by atoms with Crippen LogP contribution in [0.15, 0.2) is 47.6 Å². The molecule has 0 aliphatic rings. The molecule has 2 rings (SSSR count). The average Bonchev–Trinajstić information content (AvgIpc) is 2.55. The van der Waals surface area contributed by atoms with Gasteiger partial charge in [0.05, 0.1) is 13.3 Å². The van der Waals surface area contributed by atoms with Crippen molar-refractivity contribution in [1.82, 2.24) is 0 Å². The van der Waals surface area contributed by atoms with Gasteiger partial charge in [0.1, 0.15) is 12.4 Å². The van der Waals surface area contributed by atoms with Crippen LogP contribution in [0.25, 0.3) is 0 Å². The summed E-state index contributed by atoms with van der Waals surface area (Å²) in [5, 5.41) is 11.4. The van der Waals surface area contributed by atoms with Gasteiger partial charge in [-0.05, 0) is 35.9 Å². The normalized spacial score (nSPS) is 11.0. The van der Waals surface area contributed by atoms with E-state index >= 15 is 0 Å². The molecule has 0 atom stereocenters. The Balaban J connectivity index is 2.15. The van der Waals surface area contributed by atoms with Crippen molar-refractivity contribution in [3.63, 3.8) is 0 Å². The highest BCUT2D eigenvalue weighted by Gasteiger charge is 2.12. The predicted molar refractivity (Wildman–Crippen MR) is 79.8 cm³/mol. The summed E-state index contributed by atoms with van der Waals surface area (Å²) in [6, 6.07) is 11.4. The standard InChI is InChI=1S/C16H15F2NO4/c1-21-13-5-2-11(3-6-13)10-22-15-8-12(9-19-20)4-7-14(15)23-16(17)18/h2-9,16,20H,10H2,1H3. The van der Waals surface area contributed by atoms with E-state index in [9.17, 15) is 8.78 Å². The zero-order chi connectivity index (χ0) is 16.7. The highest BCUT2D eigenvalue weighted by Crippen LogP contribution is 2.30. The first-order valence-electron chi connectivity index (χ1n) is 6.64. The number of nitrogens with zero attached hydrogens (tertiary/aromatic N) is 1. The fourth-order valence-corrected chi connectivity index (χ4v) is 1.86. The molecule has 2 aromatic rings. The van der Waals surface area contributed by atoms with Gasteiger partial charge in [-0.15, -0.1) is 0 Å². The van der Waals surface area contributed by atoms with Crippen LogP contribution in [-0.2, 0) is 6.61 Å². The van der Waals surface area contributed by atoms with Gasteiger partial charge < -0.3 is 19.4 Å². The van der Waals surface area contributed by atoms with E-state index in [1.54, 1.807) is 31.4 Å². The Bertz CT molecular complexity index is 660. The Morgan fingerprint density at radius 1 is 1.13 bits per heavy atom. The molecule has 122 valence electrons. The average molecular weight is 323 g/mol. The molecule has 0 bridgehead atoms. The molecule has 0 unspecified atom stereocenters. The maximum atomic E-state index is 12.4. The minimum Gasteiger partial charge on any atom is -0.497 e. The Labute approximate surface area is 131 Å². The summed E-state index contributed by atoms with van der Waals surface area (Å²) in [5.74, 6) is 0.735. The fourth-order valence-electron chi connectivity index (χ4n) is 1.86. The Morgan fingerprint density at radius 3 is 2.48 bits per heavy atom. The molecule has 0 aromatic heterocycles. The zero-order valence-corrected chi connectivity index (χ0v) is 12.3. The Kier molecular flexibility index (Phi) is 5.74. The summed E-state index contributed by atoms with van der Waals surface area (Å²) in [4.78, 5) is 0. The second-order valence-corrected chi connectivity index (χ2v) is 4.47. The number of hydrogen-bond donors (Lipinski definition) is 1. The summed E-state index contributed by atoms with van der Waals surface area (Å²) in [6.07, 6.45) is 1.16. The number of oxime groups is 1. The molecule has 2 aromatic carbocycles. The largest absolute Gasteiger partial charge is 0.497 e. The fraction of sp³-hybridized carbons (Fsp3) is 0.188. The van der Waals surface area contributed by atoms with Crippen LogP contribution in [0, 0.1) is 0 Å². The van der Waals surface area contributed by atoms with Gasteiger partial charge in [-0.25, -0.2) is 0 Å². The van der Waals surface area contributed by atoms with Crippen LogP contribution in [0.2, 0.25) is 0 Å². The van der Waals surface area contributed by atoms with Gasteiger partial charge >= 0.3 is 6.61 Å². The summed E-state index contributed by atoms with van der Waals surface area (Å²) in [7, 11) is 1.56. The number of benzene rings is 2. The van der Waals surface area contributed by atoms with E-state index in [2.05, 4.69) is 9.89 Å². The summed E-state index contributed by atoms with van der Waals surface area (Å²) < 4.78 is 39.9. The molecule has 1 N–H and O–H groups in total. The van der Waals surface area contributed by atoms with Crippen molar-refractivity contribution in [3.8, 4) is 17.2 Å². The van der Waals surface area contributed by atoms with Crippen molar-refractivity contribution < 1.29 is 28.2 Å². The first-order valence-corrected chi connectivity index (χ1v) is 6.64. The second kappa shape index (κ2) is 7.98. The molecule has 0 aliphatic carbocycles. The molecule has 0 spiro atoms. The maximum Gasteiger partial charge on any atom is 0.387 e. The molecule has 0 aliphatic heterocycles. The first kappa shape index (κ1) is 16.5. The molecule has 0 saturated carbocycles. The highest BCUT2D eigenvalue weighted by molar-refractivity contribution is 5.80. The first-order chi connectivity index (χ1) is 11.1. The molecule has 5 nitrogen and oxygen atoms in total. The van der Waals surface area contributed by atoms with Crippen molar-refractivity contribution in [2.45, 2.75) is 13.2 Å².